The van der Waals surface area contributed by atoms with Crippen molar-refractivity contribution in [3.63, 3.8) is 0 Å². The van der Waals surface area contributed by atoms with Gasteiger partial charge < -0.3 is 0 Å². The summed E-state index contributed by atoms with van der Waals surface area (Å²) in [4.78, 5) is 0. The topological polar surface area (TPSA) is 0 Å². The zero-order valence-corrected chi connectivity index (χ0v) is 15.6. The van der Waals surface area contributed by atoms with Gasteiger partial charge in [0.1, 0.15) is 0 Å². The van der Waals surface area contributed by atoms with Crippen LogP contribution in [0, 0.1) is 0 Å². The Bertz CT molecular complexity index is 212. The number of rotatable bonds is 4. The van der Waals surface area contributed by atoms with E-state index in [0.29, 0.717) is 0 Å². The van der Waals surface area contributed by atoms with Gasteiger partial charge in [0.2, 0.25) is 13.4 Å². The highest BCUT2D eigenvalue weighted by Crippen LogP contribution is 2.30. The minimum absolute atomic E-state index is 0.125. The molecule has 0 aromatic rings. The van der Waals surface area contributed by atoms with Crippen LogP contribution in [0.15, 0.2) is 0 Å². The van der Waals surface area contributed by atoms with E-state index in [1.807, 2.05) is 0 Å². The SMILES string of the molecule is C[Si](Cl)(Cl)CCC(F)(F)F.C[Si](Cl)(Cl)CCC(F)(F)F. The van der Waals surface area contributed by atoms with Crippen molar-refractivity contribution in [3.05, 3.63) is 0 Å². The molecule has 0 fully saturated rings. The Balaban J connectivity index is 0. The monoisotopic (exact) mass is 420 g/mol. The predicted octanol–water partition coefficient (Wildman–Crippen LogP) is 6.98. The molecule has 0 spiro atoms. The molecule has 0 nitrogen and oxygen atoms in total. The number of hydrogen-bond donors (Lipinski definition) is 0. The second-order valence-corrected chi connectivity index (χ2v) is 20.8. The molecular formula is C8H14Cl4F6Si2. The number of hydrogen-bond acceptors (Lipinski definition) is 0. The van der Waals surface area contributed by atoms with Gasteiger partial charge in [-0.15, -0.1) is 44.3 Å². The van der Waals surface area contributed by atoms with E-state index in [2.05, 4.69) is 0 Å². The van der Waals surface area contributed by atoms with Gasteiger partial charge in [0.25, 0.3) is 0 Å². The maximum atomic E-state index is 11.5. The fraction of sp³-hybridized carbons (Fsp3) is 1.00. The summed E-state index contributed by atoms with van der Waals surface area (Å²) >= 11 is 21.8. The molecule has 0 aromatic heterocycles. The fourth-order valence-electron chi connectivity index (χ4n) is 0.722. The molecule has 0 saturated heterocycles. The first-order valence-electron chi connectivity index (χ1n) is 5.30. The van der Waals surface area contributed by atoms with E-state index in [1.165, 1.54) is 13.1 Å². The summed E-state index contributed by atoms with van der Waals surface area (Å²) in [6, 6.07) is -0.251. The van der Waals surface area contributed by atoms with E-state index in [-0.39, 0.29) is 12.1 Å². The molecule has 0 aromatic carbocycles. The summed E-state index contributed by atoms with van der Waals surface area (Å²) in [5.74, 6) is 0. The molecule has 0 atom stereocenters. The molecule has 0 amide bonds. The summed E-state index contributed by atoms with van der Waals surface area (Å²) in [6.45, 7) is -2.14. The largest absolute Gasteiger partial charge is 0.388 e. The lowest BCUT2D eigenvalue weighted by molar-refractivity contribution is -0.131. The van der Waals surface area contributed by atoms with E-state index >= 15 is 0 Å². The van der Waals surface area contributed by atoms with Gasteiger partial charge >= 0.3 is 12.4 Å². The second-order valence-electron chi connectivity index (χ2n) is 4.37. The van der Waals surface area contributed by atoms with Crippen molar-refractivity contribution in [3.8, 4) is 0 Å². The van der Waals surface area contributed by atoms with Crippen LogP contribution in [-0.2, 0) is 0 Å². The van der Waals surface area contributed by atoms with Crippen molar-refractivity contribution in [1.29, 1.82) is 0 Å². The van der Waals surface area contributed by atoms with E-state index in [1.54, 1.807) is 0 Å². The van der Waals surface area contributed by atoms with Crippen LogP contribution in [0.25, 0.3) is 0 Å². The van der Waals surface area contributed by atoms with E-state index < -0.39 is 38.6 Å². The molecule has 0 N–H and O–H groups in total. The highest BCUT2D eigenvalue weighted by atomic mass is 35.7. The summed E-state index contributed by atoms with van der Waals surface area (Å²) in [5.41, 5.74) is 0. The summed E-state index contributed by atoms with van der Waals surface area (Å²) in [5, 5.41) is 0. The van der Waals surface area contributed by atoms with E-state index in [9.17, 15) is 26.3 Å². The molecule has 124 valence electrons. The molecule has 12 heteroatoms. The zero-order valence-electron chi connectivity index (χ0n) is 10.6. The van der Waals surface area contributed by atoms with Crippen LogP contribution in [0.5, 0.6) is 0 Å². The van der Waals surface area contributed by atoms with Gasteiger partial charge in [0, 0.05) is 12.8 Å². The van der Waals surface area contributed by atoms with Crippen molar-refractivity contribution in [2.45, 2.75) is 50.4 Å². The van der Waals surface area contributed by atoms with Crippen LogP contribution in [-0.4, -0.2) is 25.7 Å². The molecule has 0 heterocycles. The maximum absolute atomic E-state index is 11.5. The third kappa shape index (κ3) is 27.5. The highest BCUT2D eigenvalue weighted by Gasteiger charge is 2.33. The molecular weight excluding hydrogens is 408 g/mol. The molecule has 0 rings (SSSR count). The quantitative estimate of drug-likeness (QED) is 0.261. The average molecular weight is 422 g/mol. The van der Waals surface area contributed by atoms with Crippen LogP contribution >= 0.6 is 44.3 Å². The smallest absolute Gasteiger partial charge is 0.171 e. The Hall–Kier alpha value is 1.17. The second kappa shape index (κ2) is 8.71. The van der Waals surface area contributed by atoms with Gasteiger partial charge in [-0.25, -0.2) is 0 Å². The summed E-state index contributed by atoms with van der Waals surface area (Å²) in [7, 11) is 0. The van der Waals surface area contributed by atoms with Gasteiger partial charge in [0.05, 0.1) is 0 Å². The lowest BCUT2D eigenvalue weighted by Crippen LogP contribution is -2.17. The lowest BCUT2D eigenvalue weighted by atomic mass is 10.5. The maximum Gasteiger partial charge on any atom is 0.388 e. The van der Waals surface area contributed by atoms with Gasteiger partial charge in [-0.2, -0.15) is 26.3 Å². The van der Waals surface area contributed by atoms with Crippen molar-refractivity contribution in [1.82, 2.24) is 0 Å². The summed E-state index contributed by atoms with van der Waals surface area (Å²) < 4.78 is 68.9. The van der Waals surface area contributed by atoms with Gasteiger partial charge in [0.15, 0.2) is 0 Å². The van der Waals surface area contributed by atoms with Crippen molar-refractivity contribution in [2.24, 2.45) is 0 Å². The van der Waals surface area contributed by atoms with Crippen LogP contribution in [0.3, 0.4) is 0 Å². The molecule has 0 aliphatic rings. The molecule has 0 aliphatic heterocycles. The first kappa shape index (κ1) is 23.4. The molecule has 0 radical (unpaired) electrons. The Morgan fingerprint density at radius 2 is 0.850 bits per heavy atom. The standard InChI is InChI=1S/2C4H7Cl2F3Si/c2*1-10(5,6)3-2-4(7,8)9/h2*2-3H2,1H3. The van der Waals surface area contributed by atoms with Crippen LogP contribution in [0.4, 0.5) is 26.3 Å². The lowest BCUT2D eigenvalue weighted by Gasteiger charge is -2.11. The predicted molar refractivity (Wildman–Crippen MR) is 77.6 cm³/mol. The van der Waals surface area contributed by atoms with Crippen LogP contribution in [0.2, 0.25) is 25.2 Å². The van der Waals surface area contributed by atoms with Gasteiger partial charge in [-0.3, -0.25) is 0 Å². The average Bonchev–Trinajstić information content (AvgIpc) is 2.09. The number of alkyl halides is 6. The Labute approximate surface area is 134 Å². The Morgan fingerprint density at radius 1 is 0.650 bits per heavy atom. The van der Waals surface area contributed by atoms with Crippen LogP contribution in [0.1, 0.15) is 12.8 Å². The Kier molecular flexibility index (Phi) is 10.2. The molecule has 0 aliphatic carbocycles. The zero-order chi connectivity index (χ0) is 16.8. The van der Waals surface area contributed by atoms with E-state index in [0.717, 1.165) is 0 Å². The summed E-state index contributed by atoms with van der Waals surface area (Å²) in [6.07, 6.45) is -10.00. The highest BCUT2D eigenvalue weighted by molar-refractivity contribution is 7.45. The third-order valence-electron chi connectivity index (χ3n) is 1.69. The van der Waals surface area contributed by atoms with E-state index in [4.69, 9.17) is 44.3 Å². The minimum Gasteiger partial charge on any atom is -0.171 e. The first-order valence-corrected chi connectivity index (χ1v) is 14.8. The van der Waals surface area contributed by atoms with Crippen molar-refractivity contribution < 1.29 is 26.3 Å². The Morgan fingerprint density at radius 3 is 0.900 bits per heavy atom. The van der Waals surface area contributed by atoms with Gasteiger partial charge in [-0.1, -0.05) is 0 Å². The molecule has 0 unspecified atom stereocenters. The third-order valence-corrected chi connectivity index (χ3v) is 6.22. The van der Waals surface area contributed by atoms with Crippen LogP contribution < -0.4 is 0 Å². The van der Waals surface area contributed by atoms with Crippen molar-refractivity contribution in [2.75, 3.05) is 0 Å². The fourth-order valence-corrected chi connectivity index (χ4v) is 3.30. The van der Waals surface area contributed by atoms with Gasteiger partial charge in [-0.05, 0) is 25.2 Å². The normalized spacial score (nSPS) is 13.8. The molecule has 0 saturated carbocycles. The molecule has 0 bridgehead atoms. The number of halogens is 10. The molecule has 20 heavy (non-hydrogen) atoms. The van der Waals surface area contributed by atoms with Crippen molar-refractivity contribution >= 4 is 57.7 Å². The minimum atomic E-state index is -4.13. The first-order chi connectivity index (χ1) is 8.41.